The van der Waals surface area contributed by atoms with Crippen molar-refractivity contribution in [3.63, 3.8) is 0 Å². The van der Waals surface area contributed by atoms with Crippen molar-refractivity contribution in [3.8, 4) is 5.75 Å². The number of nitrogens with one attached hydrogen (secondary N) is 2. The molecule has 9 nitrogen and oxygen atoms in total. The van der Waals surface area contributed by atoms with Gasteiger partial charge in [-0.15, -0.1) is 0 Å². The van der Waals surface area contributed by atoms with Gasteiger partial charge in [0.1, 0.15) is 12.1 Å². The largest absolute Gasteiger partial charge is 0.488 e. The van der Waals surface area contributed by atoms with Gasteiger partial charge in [-0.2, -0.15) is 0 Å². The number of nitrogens with zero attached hydrogens (tertiary/aromatic N) is 4. The minimum atomic E-state index is -0.370. The molecule has 1 saturated carbocycles. The van der Waals surface area contributed by atoms with E-state index in [2.05, 4.69) is 10.3 Å². The minimum Gasteiger partial charge on any atom is -0.488 e. The fraction of sp³-hybridized carbons (Fsp3) is 0.429. The Labute approximate surface area is 173 Å². The van der Waals surface area contributed by atoms with E-state index in [1.54, 1.807) is 30.6 Å². The summed E-state index contributed by atoms with van der Waals surface area (Å²) in [7, 11) is 1.52. The molecular formula is C21H24N6O3. The van der Waals surface area contributed by atoms with E-state index in [9.17, 15) is 9.59 Å². The Bertz CT molecular complexity index is 1070. The first-order valence-electron chi connectivity index (χ1n) is 10.2. The van der Waals surface area contributed by atoms with Crippen molar-refractivity contribution in [2.75, 3.05) is 38.2 Å². The van der Waals surface area contributed by atoms with E-state index < -0.39 is 0 Å². The molecule has 2 aliphatic heterocycles. The number of likely N-dealkylation sites (tertiary alicyclic amines) is 1. The number of hydrogen-bond donors (Lipinski definition) is 2. The normalized spacial score (nSPS) is 21.9. The molecule has 5 rings (SSSR count). The highest BCUT2D eigenvalue weighted by Crippen LogP contribution is 2.41. The Morgan fingerprint density at radius 2 is 2.00 bits per heavy atom. The summed E-state index contributed by atoms with van der Waals surface area (Å²) in [5, 5.41) is 10.7. The molecule has 30 heavy (non-hydrogen) atoms. The standard InChI is InChI=1S/C21H24N6O3/c1-23-21(29)27-5-4-16(9-18(27)22)26-6-7-30-17-8-15(10-24-19(17)26)20(28)25-11-13-2-3-14(13)12-25/h4-5,8-10,13-14,22H,2-3,6-7,11-12H2,1H3,(H,23,29). The molecule has 2 fully saturated rings. The first-order chi connectivity index (χ1) is 14.5. The second-order valence-electron chi connectivity index (χ2n) is 8.05. The van der Waals surface area contributed by atoms with E-state index in [0.29, 0.717) is 42.1 Å². The van der Waals surface area contributed by atoms with Crippen molar-refractivity contribution < 1.29 is 14.3 Å². The van der Waals surface area contributed by atoms with Gasteiger partial charge in [-0.05, 0) is 36.8 Å². The third-order valence-corrected chi connectivity index (χ3v) is 6.36. The SMILES string of the molecule is CNC(=O)n1ccc(N2CCOc3cc(C(=O)N4CC5CCC5C4)cnc32)cc1=N. The van der Waals surface area contributed by atoms with Gasteiger partial charge in [0, 0.05) is 44.3 Å². The lowest BCUT2D eigenvalue weighted by atomic mass is 9.77. The molecule has 9 heteroatoms. The van der Waals surface area contributed by atoms with Gasteiger partial charge in [-0.3, -0.25) is 14.8 Å². The Morgan fingerprint density at radius 3 is 2.67 bits per heavy atom. The van der Waals surface area contributed by atoms with Crippen LogP contribution in [-0.4, -0.2) is 59.7 Å². The molecule has 1 aliphatic carbocycles. The Hall–Kier alpha value is -3.36. The zero-order valence-electron chi connectivity index (χ0n) is 16.8. The molecule has 2 aromatic rings. The fourth-order valence-electron chi connectivity index (χ4n) is 4.53. The highest BCUT2D eigenvalue weighted by Gasteiger charge is 2.41. The number of anilines is 2. The Morgan fingerprint density at radius 1 is 1.23 bits per heavy atom. The van der Waals surface area contributed by atoms with Crippen LogP contribution in [0.15, 0.2) is 30.6 Å². The van der Waals surface area contributed by atoms with E-state index in [1.807, 2.05) is 9.80 Å². The summed E-state index contributed by atoms with van der Waals surface area (Å²) >= 11 is 0. The van der Waals surface area contributed by atoms with Crippen molar-refractivity contribution in [1.82, 2.24) is 19.8 Å². The van der Waals surface area contributed by atoms with E-state index in [4.69, 9.17) is 10.1 Å². The molecule has 1 saturated heterocycles. The molecular weight excluding hydrogens is 384 g/mol. The van der Waals surface area contributed by atoms with Gasteiger partial charge >= 0.3 is 6.03 Å². The topological polar surface area (TPSA) is 104 Å². The monoisotopic (exact) mass is 408 g/mol. The second kappa shape index (κ2) is 7.16. The number of pyridine rings is 2. The number of aromatic nitrogens is 2. The molecule has 4 heterocycles. The summed E-state index contributed by atoms with van der Waals surface area (Å²) in [6.07, 6.45) is 5.62. The van der Waals surface area contributed by atoms with Crippen molar-refractivity contribution in [2.45, 2.75) is 12.8 Å². The van der Waals surface area contributed by atoms with Crippen LogP contribution in [0.4, 0.5) is 16.3 Å². The van der Waals surface area contributed by atoms with Crippen molar-refractivity contribution in [1.29, 1.82) is 5.41 Å². The number of carbonyl (C=O) groups is 2. The summed E-state index contributed by atoms with van der Waals surface area (Å²) in [4.78, 5) is 33.2. The van der Waals surface area contributed by atoms with Crippen LogP contribution in [0, 0.1) is 17.2 Å². The van der Waals surface area contributed by atoms with Gasteiger partial charge in [0.05, 0.1) is 12.1 Å². The summed E-state index contributed by atoms with van der Waals surface area (Å²) in [6, 6.07) is 4.78. The molecule has 2 amide bonds. The van der Waals surface area contributed by atoms with E-state index in [-0.39, 0.29) is 17.4 Å². The van der Waals surface area contributed by atoms with Crippen molar-refractivity contribution in [3.05, 3.63) is 41.6 Å². The summed E-state index contributed by atoms with van der Waals surface area (Å²) in [6.45, 7) is 2.69. The van der Waals surface area contributed by atoms with Gasteiger partial charge in [-0.1, -0.05) is 0 Å². The number of hydrogen-bond acceptors (Lipinski definition) is 6. The molecule has 2 atom stereocenters. The van der Waals surface area contributed by atoms with Crippen LogP contribution in [-0.2, 0) is 0 Å². The van der Waals surface area contributed by atoms with Crippen LogP contribution >= 0.6 is 0 Å². The lowest BCUT2D eigenvalue weighted by molar-refractivity contribution is 0.0786. The van der Waals surface area contributed by atoms with Crippen LogP contribution in [0.3, 0.4) is 0 Å². The summed E-state index contributed by atoms with van der Waals surface area (Å²) < 4.78 is 7.03. The third-order valence-electron chi connectivity index (χ3n) is 6.36. The number of fused-ring (bicyclic) bond motifs is 2. The first-order valence-corrected chi connectivity index (χ1v) is 10.2. The van der Waals surface area contributed by atoms with Gasteiger partial charge in [0.15, 0.2) is 11.6 Å². The molecule has 0 bridgehead atoms. The second-order valence-corrected chi connectivity index (χ2v) is 8.05. The predicted octanol–water partition coefficient (Wildman–Crippen LogP) is 1.56. The summed E-state index contributed by atoms with van der Waals surface area (Å²) in [5.41, 5.74) is 1.35. The maximum absolute atomic E-state index is 12.9. The lowest BCUT2D eigenvalue weighted by Gasteiger charge is -2.30. The maximum Gasteiger partial charge on any atom is 0.326 e. The van der Waals surface area contributed by atoms with E-state index in [0.717, 1.165) is 18.8 Å². The smallest absolute Gasteiger partial charge is 0.326 e. The molecule has 0 aromatic carbocycles. The molecule has 3 aliphatic rings. The van der Waals surface area contributed by atoms with Gasteiger partial charge in [-0.25, -0.2) is 9.78 Å². The number of amides is 2. The minimum absolute atomic E-state index is 0.0141. The molecule has 2 unspecified atom stereocenters. The maximum atomic E-state index is 12.9. The van der Waals surface area contributed by atoms with Crippen molar-refractivity contribution in [2.24, 2.45) is 11.8 Å². The molecule has 0 spiro atoms. The fourth-order valence-corrected chi connectivity index (χ4v) is 4.53. The molecule has 0 radical (unpaired) electrons. The van der Waals surface area contributed by atoms with Gasteiger partial charge < -0.3 is 19.9 Å². The number of rotatable bonds is 2. The van der Waals surface area contributed by atoms with E-state index in [1.165, 1.54) is 24.5 Å². The van der Waals surface area contributed by atoms with Crippen LogP contribution in [0.5, 0.6) is 5.75 Å². The molecule has 156 valence electrons. The van der Waals surface area contributed by atoms with Crippen LogP contribution < -0.4 is 20.4 Å². The van der Waals surface area contributed by atoms with Crippen LogP contribution in [0.1, 0.15) is 23.2 Å². The average Bonchev–Trinajstić information content (AvgIpc) is 3.05. The average molecular weight is 408 g/mol. The zero-order chi connectivity index (χ0) is 20.8. The first kappa shape index (κ1) is 18.7. The van der Waals surface area contributed by atoms with Crippen LogP contribution in [0.25, 0.3) is 0 Å². The number of carbonyl (C=O) groups excluding carboxylic acids is 2. The van der Waals surface area contributed by atoms with Gasteiger partial charge in [0.25, 0.3) is 5.91 Å². The van der Waals surface area contributed by atoms with Crippen LogP contribution in [0.2, 0.25) is 0 Å². The Balaban J connectivity index is 1.41. The van der Waals surface area contributed by atoms with Crippen molar-refractivity contribution >= 4 is 23.4 Å². The molecule has 2 N–H and O–H groups in total. The quantitative estimate of drug-likeness (QED) is 0.785. The highest BCUT2D eigenvalue weighted by molar-refractivity contribution is 5.95. The lowest BCUT2D eigenvalue weighted by Crippen LogP contribution is -2.35. The Kier molecular flexibility index (Phi) is 4.45. The predicted molar refractivity (Wildman–Crippen MR) is 109 cm³/mol. The molecule has 2 aromatic heterocycles. The summed E-state index contributed by atoms with van der Waals surface area (Å²) in [5.74, 6) is 2.52. The third kappa shape index (κ3) is 3.01. The number of ether oxygens (including phenoxy) is 1. The highest BCUT2D eigenvalue weighted by atomic mass is 16.5. The van der Waals surface area contributed by atoms with E-state index >= 15 is 0 Å². The zero-order valence-corrected chi connectivity index (χ0v) is 16.8. The van der Waals surface area contributed by atoms with Gasteiger partial charge in [0.2, 0.25) is 0 Å².